The van der Waals surface area contributed by atoms with Crippen molar-refractivity contribution in [2.75, 3.05) is 19.6 Å². The number of nitrogens with two attached hydrogens (primary N) is 1. The van der Waals surface area contributed by atoms with E-state index < -0.39 is 0 Å². The van der Waals surface area contributed by atoms with Gasteiger partial charge in [-0.25, -0.2) is 4.99 Å². The summed E-state index contributed by atoms with van der Waals surface area (Å²) in [6.07, 6.45) is 2.50. The molecule has 1 saturated heterocycles. The number of aliphatic imine (C=N–C) groups is 1. The molecule has 0 saturated carbocycles. The Labute approximate surface area is 185 Å². The van der Waals surface area contributed by atoms with Gasteiger partial charge in [0.2, 0.25) is 0 Å². The van der Waals surface area contributed by atoms with Crippen LogP contribution in [-0.2, 0) is 13.2 Å². The molecule has 1 heterocycles. The summed E-state index contributed by atoms with van der Waals surface area (Å²) in [5.41, 5.74) is 8.29. The van der Waals surface area contributed by atoms with Crippen molar-refractivity contribution in [3.05, 3.63) is 65.7 Å². The third-order valence-electron chi connectivity index (χ3n) is 5.00. The molecule has 1 unspecified atom stereocenters. The molecule has 152 valence electrons. The molecule has 3 N–H and O–H groups in total. The summed E-state index contributed by atoms with van der Waals surface area (Å²) >= 11 is 0. The van der Waals surface area contributed by atoms with Crippen LogP contribution in [0, 0.1) is 0 Å². The number of likely N-dealkylation sites (tertiary alicyclic amines) is 1. The first-order valence-electron chi connectivity index (χ1n) is 9.78. The van der Waals surface area contributed by atoms with Crippen LogP contribution in [0.4, 0.5) is 0 Å². The van der Waals surface area contributed by atoms with Gasteiger partial charge in [-0.2, -0.15) is 0 Å². The zero-order valence-corrected chi connectivity index (χ0v) is 18.8. The maximum absolute atomic E-state index is 6.05. The summed E-state index contributed by atoms with van der Waals surface area (Å²) in [4.78, 5) is 6.97. The topological polar surface area (TPSA) is 62.9 Å². The number of benzene rings is 2. The van der Waals surface area contributed by atoms with Crippen LogP contribution in [0.25, 0.3) is 0 Å². The maximum atomic E-state index is 6.05. The van der Waals surface area contributed by atoms with Gasteiger partial charge in [0, 0.05) is 12.6 Å². The first-order chi connectivity index (χ1) is 13.2. The van der Waals surface area contributed by atoms with E-state index in [-0.39, 0.29) is 24.0 Å². The number of nitrogens with one attached hydrogen (secondary N) is 1. The van der Waals surface area contributed by atoms with Crippen molar-refractivity contribution < 1.29 is 4.74 Å². The van der Waals surface area contributed by atoms with E-state index in [0.29, 0.717) is 25.2 Å². The molecule has 2 aromatic rings. The maximum Gasteiger partial charge on any atom is 0.188 e. The predicted molar refractivity (Wildman–Crippen MR) is 126 cm³/mol. The summed E-state index contributed by atoms with van der Waals surface area (Å²) < 4.78 is 5.88. The lowest BCUT2D eigenvalue weighted by atomic mass is 10.2. The zero-order chi connectivity index (χ0) is 18.9. The van der Waals surface area contributed by atoms with Crippen LogP contribution in [0.5, 0.6) is 5.75 Å². The summed E-state index contributed by atoms with van der Waals surface area (Å²) in [6, 6.07) is 18.8. The zero-order valence-electron chi connectivity index (χ0n) is 16.5. The summed E-state index contributed by atoms with van der Waals surface area (Å²) in [7, 11) is 0. The van der Waals surface area contributed by atoms with E-state index in [4.69, 9.17) is 10.5 Å². The average molecular weight is 494 g/mol. The van der Waals surface area contributed by atoms with Gasteiger partial charge in [0.15, 0.2) is 5.96 Å². The second-order valence-electron chi connectivity index (χ2n) is 6.93. The molecule has 0 radical (unpaired) electrons. The minimum absolute atomic E-state index is 0. The Balaban J connectivity index is 0.00000280. The molecule has 0 aliphatic carbocycles. The monoisotopic (exact) mass is 494 g/mol. The van der Waals surface area contributed by atoms with Gasteiger partial charge in [0.1, 0.15) is 12.4 Å². The highest BCUT2D eigenvalue weighted by atomic mass is 127. The molecule has 28 heavy (non-hydrogen) atoms. The molecule has 3 rings (SSSR count). The molecular weight excluding hydrogens is 463 g/mol. The van der Waals surface area contributed by atoms with Crippen LogP contribution in [-0.4, -0.2) is 36.5 Å². The lowest BCUT2D eigenvalue weighted by Gasteiger charge is -2.23. The Bertz CT molecular complexity index is 738. The fourth-order valence-electron chi connectivity index (χ4n) is 3.47. The van der Waals surface area contributed by atoms with Crippen LogP contribution < -0.4 is 15.8 Å². The van der Waals surface area contributed by atoms with Crippen LogP contribution in [0.1, 0.15) is 30.9 Å². The fourth-order valence-corrected chi connectivity index (χ4v) is 3.47. The Morgan fingerprint density at radius 1 is 1.18 bits per heavy atom. The second-order valence-corrected chi connectivity index (χ2v) is 6.93. The van der Waals surface area contributed by atoms with Crippen LogP contribution in [0.3, 0.4) is 0 Å². The average Bonchev–Trinajstić information content (AvgIpc) is 3.18. The molecule has 1 aliphatic heterocycles. The van der Waals surface area contributed by atoms with E-state index in [2.05, 4.69) is 34.3 Å². The molecule has 2 aromatic carbocycles. The summed E-state index contributed by atoms with van der Waals surface area (Å²) in [6.45, 7) is 6.47. The van der Waals surface area contributed by atoms with Gasteiger partial charge in [-0.1, -0.05) is 49.4 Å². The van der Waals surface area contributed by atoms with E-state index in [1.807, 2.05) is 42.5 Å². The van der Waals surface area contributed by atoms with Crippen molar-refractivity contribution in [2.24, 2.45) is 10.7 Å². The third kappa shape index (κ3) is 6.98. The molecule has 1 atom stereocenters. The van der Waals surface area contributed by atoms with E-state index in [9.17, 15) is 0 Å². The Morgan fingerprint density at radius 2 is 1.96 bits per heavy atom. The summed E-state index contributed by atoms with van der Waals surface area (Å²) in [5, 5.41) is 3.28. The lowest BCUT2D eigenvalue weighted by molar-refractivity contribution is 0.267. The van der Waals surface area contributed by atoms with E-state index in [1.165, 1.54) is 19.4 Å². The minimum atomic E-state index is 0. The highest BCUT2D eigenvalue weighted by Crippen LogP contribution is 2.17. The number of ether oxygens (including phenoxy) is 1. The van der Waals surface area contributed by atoms with Gasteiger partial charge in [0.05, 0.1) is 6.54 Å². The number of hydrogen-bond acceptors (Lipinski definition) is 3. The molecular formula is C22H31IN4O. The molecule has 5 nitrogen and oxygen atoms in total. The largest absolute Gasteiger partial charge is 0.489 e. The van der Waals surface area contributed by atoms with Crippen molar-refractivity contribution in [3.63, 3.8) is 0 Å². The predicted octanol–water partition coefficient (Wildman–Crippen LogP) is 3.77. The van der Waals surface area contributed by atoms with E-state index >= 15 is 0 Å². The number of hydrogen-bond donors (Lipinski definition) is 2. The minimum Gasteiger partial charge on any atom is -0.489 e. The van der Waals surface area contributed by atoms with Crippen molar-refractivity contribution >= 4 is 29.9 Å². The van der Waals surface area contributed by atoms with Crippen LogP contribution >= 0.6 is 24.0 Å². The van der Waals surface area contributed by atoms with Crippen molar-refractivity contribution in [1.29, 1.82) is 0 Å². The quantitative estimate of drug-likeness (QED) is 0.333. The molecule has 0 bridgehead atoms. The second kappa shape index (κ2) is 11.9. The molecule has 0 amide bonds. The number of nitrogens with zero attached hydrogens (tertiary/aromatic N) is 2. The Hall–Kier alpha value is -1.80. The van der Waals surface area contributed by atoms with Gasteiger partial charge in [-0.3, -0.25) is 4.90 Å². The summed E-state index contributed by atoms with van der Waals surface area (Å²) in [5.74, 6) is 1.36. The highest BCUT2D eigenvalue weighted by Gasteiger charge is 2.22. The molecule has 1 fully saturated rings. The standard InChI is InChI=1S/C22H30N4O.HI/c1-2-26-13-7-11-20(26)16-25-22(23)24-15-19-10-6-12-21(14-19)27-17-18-8-4-3-5-9-18;/h3-6,8-10,12,14,20H,2,7,11,13,15-17H2,1H3,(H3,23,24,25);1H. The third-order valence-corrected chi connectivity index (χ3v) is 5.00. The SMILES string of the molecule is CCN1CCCC1CNC(N)=NCc1cccc(OCc2ccccc2)c1.I. The molecule has 6 heteroatoms. The molecule has 0 aromatic heterocycles. The number of rotatable bonds is 8. The van der Waals surface area contributed by atoms with Crippen molar-refractivity contribution in [1.82, 2.24) is 10.2 Å². The first-order valence-corrected chi connectivity index (χ1v) is 9.78. The molecule has 0 spiro atoms. The highest BCUT2D eigenvalue weighted by molar-refractivity contribution is 14.0. The van der Waals surface area contributed by atoms with E-state index in [0.717, 1.165) is 30.0 Å². The number of guanidine groups is 1. The smallest absolute Gasteiger partial charge is 0.188 e. The first kappa shape index (κ1) is 22.5. The normalized spacial score (nSPS) is 17.2. The van der Waals surface area contributed by atoms with Gasteiger partial charge < -0.3 is 15.8 Å². The Kier molecular flexibility index (Phi) is 9.57. The van der Waals surface area contributed by atoms with Crippen LogP contribution in [0.15, 0.2) is 59.6 Å². The Morgan fingerprint density at radius 3 is 2.75 bits per heavy atom. The van der Waals surface area contributed by atoms with Gasteiger partial charge in [-0.15, -0.1) is 24.0 Å². The van der Waals surface area contributed by atoms with Gasteiger partial charge in [0.25, 0.3) is 0 Å². The number of likely N-dealkylation sites (N-methyl/N-ethyl adjacent to an activating group) is 1. The van der Waals surface area contributed by atoms with Crippen LogP contribution in [0.2, 0.25) is 0 Å². The van der Waals surface area contributed by atoms with Gasteiger partial charge >= 0.3 is 0 Å². The van der Waals surface area contributed by atoms with Gasteiger partial charge in [-0.05, 0) is 49.2 Å². The molecule has 1 aliphatic rings. The lowest BCUT2D eigenvalue weighted by Crippen LogP contribution is -2.42. The fraction of sp³-hybridized carbons (Fsp3) is 0.409. The van der Waals surface area contributed by atoms with E-state index in [1.54, 1.807) is 0 Å². The van der Waals surface area contributed by atoms with Crippen molar-refractivity contribution in [2.45, 2.75) is 39.0 Å². The number of halogens is 1. The van der Waals surface area contributed by atoms with Crippen molar-refractivity contribution in [3.8, 4) is 5.75 Å².